The van der Waals surface area contributed by atoms with Crippen LogP contribution in [-0.2, 0) is 22.5 Å². The maximum atomic E-state index is 13.5. The number of rotatable bonds is 9. The number of amides is 1. The van der Waals surface area contributed by atoms with Crippen molar-refractivity contribution in [3.05, 3.63) is 76.0 Å². The van der Waals surface area contributed by atoms with E-state index in [-0.39, 0.29) is 29.5 Å². The van der Waals surface area contributed by atoms with E-state index in [0.29, 0.717) is 55.3 Å². The van der Waals surface area contributed by atoms with Crippen LogP contribution in [0.15, 0.2) is 53.5 Å². The van der Waals surface area contributed by atoms with Crippen LogP contribution in [0.25, 0.3) is 11.1 Å². The number of carbonyl (C=O) groups excluding carboxylic acids is 1. The fourth-order valence-electron chi connectivity index (χ4n) is 4.74. The maximum Gasteiger partial charge on any atom is 0.255 e. The Morgan fingerprint density at radius 2 is 1.71 bits per heavy atom. The van der Waals surface area contributed by atoms with Gasteiger partial charge in [0.25, 0.3) is 11.5 Å². The third kappa shape index (κ3) is 5.81. The van der Waals surface area contributed by atoms with Crippen molar-refractivity contribution in [1.29, 1.82) is 0 Å². The van der Waals surface area contributed by atoms with E-state index in [0.717, 1.165) is 5.56 Å². The van der Waals surface area contributed by atoms with E-state index in [1.807, 2.05) is 6.07 Å². The second-order valence-electron chi connectivity index (χ2n) is 9.06. The van der Waals surface area contributed by atoms with Gasteiger partial charge in [0, 0.05) is 58.0 Å². The molecule has 2 aromatic carbocycles. The molecule has 1 amide bonds. The first-order chi connectivity index (χ1) is 18.4. The first kappa shape index (κ1) is 27.2. The molecule has 1 unspecified atom stereocenters. The summed E-state index contributed by atoms with van der Waals surface area (Å²) < 4.78 is 29.9. The highest BCUT2D eigenvalue weighted by Crippen LogP contribution is 2.42. The fourth-order valence-corrected chi connectivity index (χ4v) is 4.74. The fraction of sp³-hybridized carbons (Fsp3) is 0.357. The standard InChI is InChI=1S/C28H32FN3O6/c1-36-22-8-5-9-23(37-2)25(22)21-16-30-27(34)20(26(21)33)15-24(38-3)28(35)32-12-10-31(11-13-32)17-18-6-4-7-19(29)14-18/h4-9,14,16,24H,10-13,15,17H2,1-3H3,(H2,30,33,34). The molecule has 0 radical (unpaired) electrons. The Balaban J connectivity index is 1.50. The van der Waals surface area contributed by atoms with Gasteiger partial charge in [0.15, 0.2) is 0 Å². The molecule has 0 spiro atoms. The highest BCUT2D eigenvalue weighted by atomic mass is 19.1. The number of methoxy groups -OCH3 is 3. The molecular weight excluding hydrogens is 493 g/mol. The lowest BCUT2D eigenvalue weighted by Crippen LogP contribution is -2.52. The van der Waals surface area contributed by atoms with E-state index < -0.39 is 11.7 Å². The zero-order chi connectivity index (χ0) is 27.2. The molecule has 4 rings (SSSR count). The topological polar surface area (TPSA) is 104 Å². The smallest absolute Gasteiger partial charge is 0.255 e. The summed E-state index contributed by atoms with van der Waals surface area (Å²) in [4.78, 5) is 32.5. The molecule has 1 fully saturated rings. The van der Waals surface area contributed by atoms with Gasteiger partial charge in [-0.3, -0.25) is 14.5 Å². The zero-order valence-electron chi connectivity index (χ0n) is 21.7. The normalized spacial score (nSPS) is 14.8. The van der Waals surface area contributed by atoms with E-state index in [2.05, 4.69) is 9.88 Å². The van der Waals surface area contributed by atoms with Crippen molar-refractivity contribution >= 4 is 5.91 Å². The van der Waals surface area contributed by atoms with Crippen LogP contribution in [0.4, 0.5) is 4.39 Å². The van der Waals surface area contributed by atoms with Crippen molar-refractivity contribution in [3.8, 4) is 28.4 Å². The minimum Gasteiger partial charge on any atom is -0.507 e. The van der Waals surface area contributed by atoms with Gasteiger partial charge < -0.3 is 29.2 Å². The van der Waals surface area contributed by atoms with Crippen LogP contribution in [0.1, 0.15) is 11.1 Å². The third-order valence-corrected chi connectivity index (χ3v) is 6.79. The molecular formula is C28H32FN3O6. The first-order valence-electron chi connectivity index (χ1n) is 12.3. The second-order valence-corrected chi connectivity index (χ2v) is 9.06. The summed E-state index contributed by atoms with van der Waals surface area (Å²) in [5, 5.41) is 11.1. The lowest BCUT2D eigenvalue weighted by Gasteiger charge is -2.36. The number of piperazine rings is 1. The number of H-pyrrole nitrogens is 1. The third-order valence-electron chi connectivity index (χ3n) is 6.79. The molecule has 10 heteroatoms. The van der Waals surface area contributed by atoms with Gasteiger partial charge in [-0.05, 0) is 29.8 Å². The number of aromatic amines is 1. The Morgan fingerprint density at radius 3 is 2.32 bits per heavy atom. The number of pyridine rings is 1. The van der Waals surface area contributed by atoms with Gasteiger partial charge in [0.1, 0.15) is 29.2 Å². The number of carbonyl (C=O) groups is 1. The zero-order valence-corrected chi connectivity index (χ0v) is 21.7. The van der Waals surface area contributed by atoms with Crippen molar-refractivity contribution in [2.75, 3.05) is 47.5 Å². The van der Waals surface area contributed by atoms with Crippen LogP contribution < -0.4 is 15.0 Å². The van der Waals surface area contributed by atoms with Gasteiger partial charge >= 0.3 is 0 Å². The Hall–Kier alpha value is -3.89. The number of nitrogens with zero attached hydrogens (tertiary/aromatic N) is 2. The van der Waals surface area contributed by atoms with Gasteiger partial charge in [0.05, 0.1) is 25.3 Å². The van der Waals surface area contributed by atoms with E-state index in [1.54, 1.807) is 29.2 Å². The first-order valence-corrected chi connectivity index (χ1v) is 12.3. The largest absolute Gasteiger partial charge is 0.507 e. The van der Waals surface area contributed by atoms with Crippen LogP contribution in [0.3, 0.4) is 0 Å². The molecule has 2 N–H and O–H groups in total. The lowest BCUT2D eigenvalue weighted by atomic mass is 9.99. The molecule has 38 heavy (non-hydrogen) atoms. The summed E-state index contributed by atoms with van der Waals surface area (Å²) in [5.74, 6) is 0.0928. The molecule has 1 atom stereocenters. The summed E-state index contributed by atoms with van der Waals surface area (Å²) in [6.45, 7) is 2.76. The predicted molar refractivity (Wildman–Crippen MR) is 140 cm³/mol. The molecule has 0 bridgehead atoms. The molecule has 1 aromatic heterocycles. The van der Waals surface area contributed by atoms with E-state index in [9.17, 15) is 19.1 Å². The number of nitrogens with one attached hydrogen (secondary N) is 1. The summed E-state index contributed by atoms with van der Waals surface area (Å²) in [7, 11) is 4.40. The molecule has 0 aliphatic carbocycles. The van der Waals surface area contributed by atoms with Crippen LogP contribution in [0, 0.1) is 5.82 Å². The molecule has 3 aromatic rings. The van der Waals surface area contributed by atoms with Crippen LogP contribution in [0.2, 0.25) is 0 Å². The van der Waals surface area contributed by atoms with Crippen molar-refractivity contribution in [1.82, 2.24) is 14.8 Å². The minimum absolute atomic E-state index is 0.0281. The van der Waals surface area contributed by atoms with Gasteiger partial charge in [-0.25, -0.2) is 4.39 Å². The van der Waals surface area contributed by atoms with Crippen molar-refractivity contribution < 1.29 is 28.5 Å². The predicted octanol–water partition coefficient (Wildman–Crippen LogP) is 2.81. The monoisotopic (exact) mass is 525 g/mol. The summed E-state index contributed by atoms with van der Waals surface area (Å²) in [6, 6.07) is 11.7. The highest BCUT2D eigenvalue weighted by molar-refractivity contribution is 5.83. The number of aromatic hydroxyl groups is 1. The van der Waals surface area contributed by atoms with Crippen molar-refractivity contribution in [3.63, 3.8) is 0 Å². The average Bonchev–Trinajstić information content (AvgIpc) is 2.93. The second kappa shape index (κ2) is 12.1. The number of benzene rings is 2. The SMILES string of the molecule is COc1cccc(OC)c1-c1c[nH]c(=O)c(CC(OC)C(=O)N2CCN(Cc3cccc(F)c3)CC2)c1O. The average molecular weight is 526 g/mol. The Labute approximate surface area is 220 Å². The molecule has 9 nitrogen and oxygen atoms in total. The van der Waals surface area contributed by atoms with Crippen LogP contribution in [-0.4, -0.2) is 79.4 Å². The van der Waals surface area contributed by atoms with Crippen LogP contribution in [0.5, 0.6) is 17.2 Å². The maximum absolute atomic E-state index is 13.5. The van der Waals surface area contributed by atoms with Gasteiger partial charge in [0.2, 0.25) is 0 Å². The molecule has 1 aliphatic heterocycles. The van der Waals surface area contributed by atoms with Gasteiger partial charge in [-0.1, -0.05) is 18.2 Å². The van der Waals surface area contributed by atoms with E-state index >= 15 is 0 Å². The Bertz CT molecular complexity index is 1310. The van der Waals surface area contributed by atoms with Crippen LogP contribution >= 0.6 is 0 Å². The summed E-state index contributed by atoms with van der Waals surface area (Å²) in [6.07, 6.45) is 0.306. The molecule has 1 aliphatic rings. The molecule has 202 valence electrons. The minimum atomic E-state index is -0.966. The number of aromatic nitrogens is 1. The number of hydrogen-bond acceptors (Lipinski definition) is 7. The van der Waals surface area contributed by atoms with Crippen molar-refractivity contribution in [2.24, 2.45) is 0 Å². The molecule has 1 saturated heterocycles. The summed E-state index contributed by atoms with van der Waals surface area (Å²) >= 11 is 0. The number of hydrogen-bond donors (Lipinski definition) is 2. The quantitative estimate of drug-likeness (QED) is 0.443. The van der Waals surface area contributed by atoms with Crippen molar-refractivity contribution in [2.45, 2.75) is 19.1 Å². The van der Waals surface area contributed by atoms with Gasteiger partial charge in [-0.15, -0.1) is 0 Å². The molecule has 0 saturated carbocycles. The number of halogens is 1. The summed E-state index contributed by atoms with van der Waals surface area (Å²) in [5.41, 5.74) is 1.17. The Morgan fingerprint density at radius 1 is 1.05 bits per heavy atom. The van der Waals surface area contributed by atoms with Gasteiger partial charge in [-0.2, -0.15) is 0 Å². The van der Waals surface area contributed by atoms with E-state index in [4.69, 9.17) is 14.2 Å². The lowest BCUT2D eigenvalue weighted by molar-refractivity contribution is -0.143. The Kier molecular flexibility index (Phi) is 8.65. The van der Waals surface area contributed by atoms with E-state index in [1.165, 1.54) is 39.7 Å². The highest BCUT2D eigenvalue weighted by Gasteiger charge is 2.30. The number of ether oxygens (including phenoxy) is 3. The molecule has 2 heterocycles.